The molecule has 4 aromatic carbocycles. The van der Waals surface area contributed by atoms with Crippen molar-refractivity contribution >= 4 is 27.5 Å². The zero-order chi connectivity index (χ0) is 17.4. The average Bonchev–Trinajstić information content (AvgIpc) is 2.63. The SMILES string of the molecule is Cc1c(Cc2ccc3cccc(C(=O)O)c3c2)ccc2ccccc12. The van der Waals surface area contributed by atoms with Crippen LogP contribution in [0.1, 0.15) is 27.0 Å². The zero-order valence-corrected chi connectivity index (χ0v) is 14.0. The number of hydrogen-bond acceptors (Lipinski definition) is 1. The van der Waals surface area contributed by atoms with E-state index in [4.69, 9.17) is 0 Å². The standard InChI is InChI=1S/C23H18O2/c1-15-19(12-11-17-5-2-3-7-20(15)17)13-16-9-10-18-6-4-8-21(23(24)25)22(18)14-16/h2-12,14H,13H2,1H3,(H,24,25). The molecule has 0 aromatic heterocycles. The summed E-state index contributed by atoms with van der Waals surface area (Å²) in [7, 11) is 0. The predicted octanol–water partition coefficient (Wildman–Crippen LogP) is 5.59. The van der Waals surface area contributed by atoms with Crippen LogP contribution >= 0.6 is 0 Å². The van der Waals surface area contributed by atoms with E-state index in [0.717, 1.165) is 22.8 Å². The molecule has 122 valence electrons. The number of carboxylic acid groups (broad SMARTS) is 1. The molecule has 1 N–H and O–H groups in total. The molecule has 0 radical (unpaired) electrons. The minimum absolute atomic E-state index is 0.356. The quantitative estimate of drug-likeness (QED) is 0.533. The maximum Gasteiger partial charge on any atom is 0.336 e. The Balaban J connectivity index is 1.80. The van der Waals surface area contributed by atoms with Crippen molar-refractivity contribution in [2.24, 2.45) is 0 Å². The smallest absolute Gasteiger partial charge is 0.336 e. The van der Waals surface area contributed by atoms with Crippen LogP contribution < -0.4 is 0 Å². The van der Waals surface area contributed by atoms with Crippen LogP contribution in [0, 0.1) is 6.92 Å². The molecule has 0 spiro atoms. The number of benzene rings is 4. The van der Waals surface area contributed by atoms with E-state index in [2.05, 4.69) is 49.4 Å². The van der Waals surface area contributed by atoms with Crippen molar-refractivity contribution in [3.05, 3.63) is 95.1 Å². The molecule has 0 unspecified atom stereocenters. The van der Waals surface area contributed by atoms with Crippen LogP contribution in [0.25, 0.3) is 21.5 Å². The number of aromatic carboxylic acids is 1. The predicted molar refractivity (Wildman–Crippen MR) is 102 cm³/mol. The molecular weight excluding hydrogens is 308 g/mol. The summed E-state index contributed by atoms with van der Waals surface area (Å²) in [6.45, 7) is 2.15. The van der Waals surface area contributed by atoms with Gasteiger partial charge in [-0.1, -0.05) is 60.7 Å². The second-order valence-corrected chi connectivity index (χ2v) is 6.41. The van der Waals surface area contributed by atoms with Crippen LogP contribution in [0.3, 0.4) is 0 Å². The zero-order valence-electron chi connectivity index (χ0n) is 14.0. The maximum atomic E-state index is 11.5. The summed E-state index contributed by atoms with van der Waals surface area (Å²) in [5.74, 6) is -0.885. The minimum atomic E-state index is -0.885. The molecule has 0 atom stereocenters. The Morgan fingerprint density at radius 2 is 1.56 bits per heavy atom. The van der Waals surface area contributed by atoms with Gasteiger partial charge in [-0.25, -0.2) is 4.79 Å². The number of hydrogen-bond donors (Lipinski definition) is 1. The van der Waals surface area contributed by atoms with Gasteiger partial charge < -0.3 is 5.11 Å². The van der Waals surface area contributed by atoms with Gasteiger partial charge in [0.1, 0.15) is 0 Å². The highest BCUT2D eigenvalue weighted by Crippen LogP contribution is 2.26. The maximum absolute atomic E-state index is 11.5. The second-order valence-electron chi connectivity index (χ2n) is 6.41. The van der Waals surface area contributed by atoms with Gasteiger partial charge in [0.15, 0.2) is 0 Å². The van der Waals surface area contributed by atoms with Crippen LogP contribution in [0.5, 0.6) is 0 Å². The third kappa shape index (κ3) is 2.76. The number of carboxylic acids is 1. The third-order valence-electron chi connectivity index (χ3n) is 4.88. The van der Waals surface area contributed by atoms with E-state index in [-0.39, 0.29) is 0 Å². The first kappa shape index (κ1) is 15.4. The summed E-state index contributed by atoms with van der Waals surface area (Å²) >= 11 is 0. The van der Waals surface area contributed by atoms with E-state index in [1.54, 1.807) is 12.1 Å². The summed E-state index contributed by atoms with van der Waals surface area (Å²) < 4.78 is 0. The first-order chi connectivity index (χ1) is 12.1. The fourth-order valence-electron chi connectivity index (χ4n) is 3.50. The van der Waals surface area contributed by atoms with Crippen molar-refractivity contribution in [1.29, 1.82) is 0 Å². The third-order valence-corrected chi connectivity index (χ3v) is 4.88. The van der Waals surface area contributed by atoms with Crippen LogP contribution in [-0.4, -0.2) is 11.1 Å². The second kappa shape index (κ2) is 6.06. The molecule has 0 aliphatic heterocycles. The summed E-state index contributed by atoms with van der Waals surface area (Å²) in [5.41, 5.74) is 4.03. The van der Waals surface area contributed by atoms with Gasteiger partial charge in [0.2, 0.25) is 0 Å². The lowest BCUT2D eigenvalue weighted by molar-refractivity contribution is 0.0699. The fraction of sp³-hybridized carbons (Fsp3) is 0.0870. The molecule has 4 rings (SSSR count). The van der Waals surface area contributed by atoms with Gasteiger partial charge in [-0.2, -0.15) is 0 Å². The molecule has 0 aliphatic rings. The van der Waals surface area contributed by atoms with Gasteiger partial charge in [0.25, 0.3) is 0 Å². The molecule has 0 saturated carbocycles. The van der Waals surface area contributed by atoms with Crippen molar-refractivity contribution in [3.8, 4) is 0 Å². The van der Waals surface area contributed by atoms with E-state index >= 15 is 0 Å². The van der Waals surface area contributed by atoms with Crippen molar-refractivity contribution < 1.29 is 9.90 Å². The summed E-state index contributed by atoms with van der Waals surface area (Å²) in [6.07, 6.45) is 0.792. The first-order valence-corrected chi connectivity index (χ1v) is 8.35. The Bertz CT molecular complexity index is 1110. The lowest BCUT2D eigenvalue weighted by Crippen LogP contribution is -1.98. The van der Waals surface area contributed by atoms with Crippen molar-refractivity contribution in [2.45, 2.75) is 13.3 Å². The largest absolute Gasteiger partial charge is 0.478 e. The normalized spacial score (nSPS) is 11.1. The molecule has 0 saturated heterocycles. The number of aryl methyl sites for hydroxylation is 1. The molecule has 2 nitrogen and oxygen atoms in total. The highest BCUT2D eigenvalue weighted by molar-refractivity contribution is 6.03. The Hall–Kier alpha value is -3.13. The topological polar surface area (TPSA) is 37.3 Å². The molecule has 0 fully saturated rings. The Morgan fingerprint density at radius 3 is 2.40 bits per heavy atom. The first-order valence-electron chi connectivity index (χ1n) is 8.35. The van der Waals surface area contributed by atoms with Crippen LogP contribution in [-0.2, 0) is 6.42 Å². The average molecular weight is 326 g/mol. The fourth-order valence-corrected chi connectivity index (χ4v) is 3.50. The van der Waals surface area contributed by atoms with Gasteiger partial charge >= 0.3 is 5.97 Å². The summed E-state index contributed by atoms with van der Waals surface area (Å²) in [5, 5.41) is 13.7. The van der Waals surface area contributed by atoms with Crippen molar-refractivity contribution in [3.63, 3.8) is 0 Å². The van der Waals surface area contributed by atoms with Gasteiger partial charge in [-0.3, -0.25) is 0 Å². The van der Waals surface area contributed by atoms with Crippen LogP contribution in [0.15, 0.2) is 72.8 Å². The molecule has 0 amide bonds. The van der Waals surface area contributed by atoms with Crippen LogP contribution in [0.4, 0.5) is 0 Å². The van der Waals surface area contributed by atoms with E-state index in [0.29, 0.717) is 5.56 Å². The number of fused-ring (bicyclic) bond motifs is 2. The Kier molecular flexibility index (Phi) is 3.73. The lowest BCUT2D eigenvalue weighted by atomic mass is 9.94. The van der Waals surface area contributed by atoms with E-state index in [9.17, 15) is 9.90 Å². The summed E-state index contributed by atoms with van der Waals surface area (Å²) in [6, 6.07) is 24.2. The molecule has 25 heavy (non-hydrogen) atoms. The van der Waals surface area contributed by atoms with E-state index in [1.807, 2.05) is 18.2 Å². The molecule has 0 aliphatic carbocycles. The minimum Gasteiger partial charge on any atom is -0.478 e. The van der Waals surface area contributed by atoms with Gasteiger partial charge in [0.05, 0.1) is 5.56 Å². The monoisotopic (exact) mass is 326 g/mol. The van der Waals surface area contributed by atoms with Gasteiger partial charge in [0, 0.05) is 0 Å². The molecule has 0 heterocycles. The van der Waals surface area contributed by atoms with E-state index < -0.39 is 5.97 Å². The van der Waals surface area contributed by atoms with Gasteiger partial charge in [-0.15, -0.1) is 0 Å². The van der Waals surface area contributed by atoms with E-state index in [1.165, 1.54) is 21.9 Å². The highest BCUT2D eigenvalue weighted by atomic mass is 16.4. The molecule has 2 heteroatoms. The Labute approximate surface area is 146 Å². The van der Waals surface area contributed by atoms with Crippen molar-refractivity contribution in [2.75, 3.05) is 0 Å². The molecule has 4 aromatic rings. The molecular formula is C23H18O2. The molecule has 0 bridgehead atoms. The van der Waals surface area contributed by atoms with Gasteiger partial charge in [-0.05, 0) is 63.7 Å². The number of carbonyl (C=O) groups is 1. The van der Waals surface area contributed by atoms with Crippen LogP contribution in [0.2, 0.25) is 0 Å². The Morgan fingerprint density at radius 1 is 0.840 bits per heavy atom. The van der Waals surface area contributed by atoms with Crippen molar-refractivity contribution in [1.82, 2.24) is 0 Å². The summed E-state index contributed by atoms with van der Waals surface area (Å²) in [4.78, 5) is 11.5. The highest BCUT2D eigenvalue weighted by Gasteiger charge is 2.10. The number of rotatable bonds is 3. The lowest BCUT2D eigenvalue weighted by Gasteiger charge is -2.11.